The van der Waals surface area contributed by atoms with Gasteiger partial charge in [-0.25, -0.2) is 4.79 Å². The van der Waals surface area contributed by atoms with Crippen molar-refractivity contribution in [1.29, 1.82) is 0 Å². The number of carbonyl (C=O) groups excluding carboxylic acids is 1. The number of unbranched alkanes of at least 4 members (excludes halogenated alkanes) is 2. The van der Waals surface area contributed by atoms with Gasteiger partial charge >= 0.3 is 5.97 Å². The van der Waals surface area contributed by atoms with Crippen LogP contribution in [-0.2, 0) is 31.8 Å². The summed E-state index contributed by atoms with van der Waals surface area (Å²) >= 11 is 0. The van der Waals surface area contributed by atoms with Crippen molar-refractivity contribution in [2.45, 2.75) is 90.3 Å². The number of aliphatic hydroxyl groups is 2. The number of carbonyl (C=O) groups is 1. The topological polar surface area (TPSA) is 85.2 Å². The molecule has 2 fully saturated rings. The second-order valence-corrected chi connectivity index (χ2v) is 11.4. The largest absolute Gasteiger partial charge is 0.462 e. The molecule has 0 bridgehead atoms. The highest BCUT2D eigenvalue weighted by molar-refractivity contribution is 5.87. The van der Waals surface area contributed by atoms with E-state index in [2.05, 4.69) is 37.8 Å². The second-order valence-electron chi connectivity index (χ2n) is 11.4. The van der Waals surface area contributed by atoms with Crippen molar-refractivity contribution < 1.29 is 29.2 Å². The van der Waals surface area contributed by atoms with Gasteiger partial charge < -0.3 is 24.4 Å². The monoisotopic (exact) mass is 530 g/mol. The Balaban J connectivity index is 1.28. The summed E-state index contributed by atoms with van der Waals surface area (Å²) in [6.45, 7) is 6.77. The average molecular weight is 531 g/mol. The minimum absolute atomic E-state index is 0.0171. The molecular formula is C32H50O6. The number of ether oxygens (including phenoxy) is 3. The normalized spacial score (nSPS) is 24.6. The molecule has 1 aliphatic heterocycles. The van der Waals surface area contributed by atoms with Crippen LogP contribution >= 0.6 is 0 Å². The molecule has 1 aliphatic carbocycles. The fourth-order valence-corrected chi connectivity index (χ4v) is 5.73. The molecule has 1 saturated carbocycles. The zero-order chi connectivity index (χ0) is 27.2. The van der Waals surface area contributed by atoms with E-state index in [0.717, 1.165) is 19.1 Å². The first-order valence-electron chi connectivity index (χ1n) is 14.9. The van der Waals surface area contributed by atoms with Gasteiger partial charge in [0.25, 0.3) is 0 Å². The standard InChI is InChI=1S/C32H50O6/c1-3-4-5-6-25-7-9-26(10-8-25)11-12-27-13-16-29(17-14-27)30-22-36-31(37-23-30)18-15-28(20-34)21-38-32(35)24(2)19-33/h7-10,27-31,33-34H,2-6,11-23H2,1H3. The highest BCUT2D eigenvalue weighted by atomic mass is 16.7. The van der Waals surface area contributed by atoms with Crippen molar-refractivity contribution in [1.82, 2.24) is 0 Å². The number of hydrogen-bond acceptors (Lipinski definition) is 6. The molecular weight excluding hydrogens is 480 g/mol. The van der Waals surface area contributed by atoms with E-state index in [-0.39, 0.29) is 31.0 Å². The lowest BCUT2D eigenvalue weighted by atomic mass is 9.74. The van der Waals surface area contributed by atoms with Gasteiger partial charge in [-0.2, -0.15) is 0 Å². The Morgan fingerprint density at radius 2 is 1.63 bits per heavy atom. The minimum atomic E-state index is -0.625. The van der Waals surface area contributed by atoms with Gasteiger partial charge in [-0.1, -0.05) is 63.5 Å². The van der Waals surface area contributed by atoms with Crippen molar-refractivity contribution in [3.05, 3.63) is 47.5 Å². The lowest BCUT2D eigenvalue weighted by Crippen LogP contribution is -2.37. The second kappa shape index (κ2) is 17.1. The summed E-state index contributed by atoms with van der Waals surface area (Å²) < 4.78 is 17.2. The van der Waals surface area contributed by atoms with Crippen LogP contribution in [0.15, 0.2) is 36.4 Å². The van der Waals surface area contributed by atoms with Crippen LogP contribution in [0.2, 0.25) is 0 Å². The molecule has 0 spiro atoms. The van der Waals surface area contributed by atoms with Gasteiger partial charge in [0.2, 0.25) is 0 Å². The smallest absolute Gasteiger partial charge is 0.335 e. The van der Waals surface area contributed by atoms with Gasteiger partial charge in [-0.3, -0.25) is 0 Å². The summed E-state index contributed by atoms with van der Waals surface area (Å²) in [6, 6.07) is 9.33. The molecule has 0 aromatic heterocycles. The predicted molar refractivity (Wildman–Crippen MR) is 150 cm³/mol. The van der Waals surface area contributed by atoms with E-state index in [4.69, 9.17) is 19.3 Å². The third kappa shape index (κ3) is 10.4. The van der Waals surface area contributed by atoms with E-state index in [1.165, 1.54) is 75.3 Å². The predicted octanol–water partition coefficient (Wildman–Crippen LogP) is 5.63. The van der Waals surface area contributed by atoms with Crippen LogP contribution in [0.5, 0.6) is 0 Å². The van der Waals surface area contributed by atoms with Crippen LogP contribution in [0.1, 0.15) is 82.3 Å². The molecule has 1 aromatic carbocycles. The number of rotatable bonds is 16. The molecule has 3 rings (SSSR count). The zero-order valence-corrected chi connectivity index (χ0v) is 23.5. The van der Waals surface area contributed by atoms with Crippen LogP contribution in [0.3, 0.4) is 0 Å². The molecule has 1 atom stereocenters. The summed E-state index contributed by atoms with van der Waals surface area (Å²) in [5.74, 6) is 1.16. The molecule has 1 aromatic rings. The van der Waals surface area contributed by atoms with Crippen LogP contribution in [-0.4, -0.2) is 55.5 Å². The summed E-state index contributed by atoms with van der Waals surface area (Å²) in [5, 5.41) is 18.6. The summed E-state index contributed by atoms with van der Waals surface area (Å²) in [4.78, 5) is 11.6. The van der Waals surface area contributed by atoms with Gasteiger partial charge in [0, 0.05) is 18.4 Å². The van der Waals surface area contributed by atoms with E-state index >= 15 is 0 Å². The molecule has 214 valence electrons. The van der Waals surface area contributed by atoms with Crippen molar-refractivity contribution >= 4 is 5.97 Å². The Bertz CT molecular complexity index is 806. The summed E-state index contributed by atoms with van der Waals surface area (Å²) in [6.07, 6.45) is 13.7. The van der Waals surface area contributed by atoms with Crippen molar-refractivity contribution in [3.8, 4) is 0 Å². The van der Waals surface area contributed by atoms with E-state index < -0.39 is 12.6 Å². The lowest BCUT2D eigenvalue weighted by Gasteiger charge is -2.38. The van der Waals surface area contributed by atoms with Gasteiger partial charge in [0.1, 0.15) is 0 Å². The average Bonchev–Trinajstić information content (AvgIpc) is 2.97. The van der Waals surface area contributed by atoms with Crippen molar-refractivity contribution in [3.63, 3.8) is 0 Å². The zero-order valence-electron chi connectivity index (χ0n) is 23.5. The highest BCUT2D eigenvalue weighted by Crippen LogP contribution is 2.37. The fourth-order valence-electron chi connectivity index (χ4n) is 5.73. The molecule has 0 radical (unpaired) electrons. The Kier molecular flexibility index (Phi) is 13.8. The SMILES string of the molecule is C=C(CO)C(=O)OCC(CO)CCC1OCC(C2CCC(CCc3ccc(CCCCC)cc3)CC2)CO1. The third-order valence-electron chi connectivity index (χ3n) is 8.48. The maximum atomic E-state index is 11.6. The lowest BCUT2D eigenvalue weighted by molar-refractivity contribution is -0.214. The summed E-state index contributed by atoms with van der Waals surface area (Å²) in [7, 11) is 0. The highest BCUT2D eigenvalue weighted by Gasteiger charge is 2.32. The van der Waals surface area contributed by atoms with Gasteiger partial charge in [-0.05, 0) is 74.3 Å². The molecule has 2 aliphatic rings. The van der Waals surface area contributed by atoms with Crippen molar-refractivity contribution in [2.24, 2.45) is 23.7 Å². The Hall–Kier alpha value is -1.73. The van der Waals surface area contributed by atoms with Crippen molar-refractivity contribution in [2.75, 3.05) is 33.0 Å². The fraction of sp³-hybridized carbons (Fsp3) is 0.719. The summed E-state index contributed by atoms with van der Waals surface area (Å²) in [5.41, 5.74) is 2.97. The maximum absolute atomic E-state index is 11.6. The molecule has 0 amide bonds. The molecule has 1 saturated heterocycles. The van der Waals surface area contributed by atoms with Gasteiger partial charge in [-0.15, -0.1) is 0 Å². The van der Waals surface area contributed by atoms with Gasteiger partial charge in [0.05, 0.1) is 32.0 Å². The van der Waals surface area contributed by atoms with Crippen LogP contribution < -0.4 is 0 Å². The Morgan fingerprint density at radius 1 is 0.974 bits per heavy atom. The Labute approximate surface area is 229 Å². The van der Waals surface area contributed by atoms with Crippen LogP contribution in [0.25, 0.3) is 0 Å². The van der Waals surface area contributed by atoms with E-state index in [1.54, 1.807) is 0 Å². The quantitative estimate of drug-likeness (QED) is 0.164. The number of benzene rings is 1. The number of hydrogen-bond donors (Lipinski definition) is 2. The number of aliphatic hydroxyl groups excluding tert-OH is 2. The molecule has 1 heterocycles. The molecule has 2 N–H and O–H groups in total. The van der Waals surface area contributed by atoms with Crippen LogP contribution in [0.4, 0.5) is 0 Å². The third-order valence-corrected chi connectivity index (χ3v) is 8.48. The first-order valence-corrected chi connectivity index (χ1v) is 14.9. The van der Waals surface area contributed by atoms with E-state index in [1.807, 2.05) is 0 Å². The van der Waals surface area contributed by atoms with Crippen LogP contribution in [0, 0.1) is 23.7 Å². The minimum Gasteiger partial charge on any atom is -0.462 e. The van der Waals surface area contributed by atoms with Gasteiger partial charge in [0.15, 0.2) is 6.29 Å². The van der Waals surface area contributed by atoms with E-state index in [0.29, 0.717) is 24.7 Å². The molecule has 1 unspecified atom stereocenters. The molecule has 6 heteroatoms. The molecule has 6 nitrogen and oxygen atoms in total. The van der Waals surface area contributed by atoms with E-state index in [9.17, 15) is 9.90 Å². The number of esters is 1. The molecule has 38 heavy (non-hydrogen) atoms. The number of aryl methyl sites for hydroxylation is 2. The first kappa shape index (κ1) is 30.8. The maximum Gasteiger partial charge on any atom is 0.335 e. The Morgan fingerprint density at radius 3 is 2.24 bits per heavy atom. The first-order chi connectivity index (χ1) is 18.5.